The van der Waals surface area contributed by atoms with Crippen LogP contribution in [0.25, 0.3) is 0 Å². The van der Waals surface area contributed by atoms with Crippen LogP contribution in [0, 0.1) is 23.4 Å². The normalized spacial score (nSPS) is 20.3. The molecule has 1 saturated heterocycles. The fourth-order valence-corrected chi connectivity index (χ4v) is 2.81. The highest BCUT2D eigenvalue weighted by atomic mass is 19.2. The zero-order valence-corrected chi connectivity index (χ0v) is 12.3. The van der Waals surface area contributed by atoms with Crippen LogP contribution in [-0.4, -0.2) is 41.9 Å². The molecule has 0 bridgehead atoms. The highest BCUT2D eigenvalue weighted by Crippen LogP contribution is 2.30. The molecule has 0 aromatic heterocycles. The number of nitrogens with zero attached hydrogens (tertiary/aromatic N) is 2. The second kappa shape index (κ2) is 6.28. The molecule has 1 amide bonds. The predicted octanol–water partition coefficient (Wildman–Crippen LogP) is 2.55. The lowest BCUT2D eigenvalue weighted by molar-refractivity contribution is -0.130. The molecule has 2 fully saturated rings. The first-order valence-electron chi connectivity index (χ1n) is 7.67. The zero-order chi connectivity index (χ0) is 15.7. The molecular weight excluding hydrogens is 293 g/mol. The van der Waals surface area contributed by atoms with Crippen LogP contribution in [0.1, 0.15) is 24.8 Å². The van der Waals surface area contributed by atoms with E-state index in [0.29, 0.717) is 32.0 Å². The molecule has 1 saturated carbocycles. The first-order chi connectivity index (χ1) is 10.5. The van der Waals surface area contributed by atoms with Gasteiger partial charge in [0, 0.05) is 44.7 Å². The summed E-state index contributed by atoms with van der Waals surface area (Å²) < 4.78 is 40.7. The average molecular weight is 312 g/mol. The predicted molar refractivity (Wildman–Crippen MR) is 75.5 cm³/mol. The van der Waals surface area contributed by atoms with Crippen molar-refractivity contribution < 1.29 is 18.0 Å². The first-order valence-corrected chi connectivity index (χ1v) is 7.67. The first kappa shape index (κ1) is 15.3. The molecule has 22 heavy (non-hydrogen) atoms. The Morgan fingerprint density at radius 3 is 2.50 bits per heavy atom. The number of hydrogen-bond acceptors (Lipinski definition) is 2. The van der Waals surface area contributed by atoms with Crippen molar-refractivity contribution in [3.05, 3.63) is 35.1 Å². The van der Waals surface area contributed by atoms with Gasteiger partial charge in [0.25, 0.3) is 0 Å². The molecule has 1 aromatic rings. The molecular formula is C16H19F3N2O. The van der Waals surface area contributed by atoms with Gasteiger partial charge in [-0.25, -0.2) is 13.2 Å². The molecule has 6 heteroatoms. The van der Waals surface area contributed by atoms with E-state index in [-0.39, 0.29) is 18.0 Å². The molecule has 0 atom stereocenters. The number of carbonyl (C=O) groups is 1. The van der Waals surface area contributed by atoms with Crippen LogP contribution < -0.4 is 0 Å². The topological polar surface area (TPSA) is 23.6 Å². The van der Waals surface area contributed by atoms with E-state index in [1.165, 1.54) is 12.8 Å². The molecule has 0 unspecified atom stereocenters. The fourth-order valence-electron chi connectivity index (χ4n) is 2.81. The van der Waals surface area contributed by atoms with Crippen LogP contribution in [0.4, 0.5) is 13.2 Å². The second-order valence-electron chi connectivity index (χ2n) is 6.13. The molecule has 0 radical (unpaired) electrons. The number of hydrogen-bond donors (Lipinski definition) is 0. The Kier molecular flexibility index (Phi) is 4.38. The Balaban J connectivity index is 1.66. The SMILES string of the molecule is O=C1CCN(Cc2c(F)ccc(F)c2F)CCN1CC1CC1. The highest BCUT2D eigenvalue weighted by molar-refractivity contribution is 5.76. The van der Waals surface area contributed by atoms with Gasteiger partial charge in [-0.2, -0.15) is 0 Å². The minimum absolute atomic E-state index is 0.0139. The monoisotopic (exact) mass is 312 g/mol. The van der Waals surface area contributed by atoms with E-state index < -0.39 is 17.5 Å². The molecule has 1 aliphatic carbocycles. The number of benzene rings is 1. The fraction of sp³-hybridized carbons (Fsp3) is 0.562. The summed E-state index contributed by atoms with van der Waals surface area (Å²) in [6.45, 7) is 2.33. The molecule has 0 N–H and O–H groups in total. The molecule has 1 aromatic carbocycles. The van der Waals surface area contributed by atoms with Gasteiger partial charge >= 0.3 is 0 Å². The summed E-state index contributed by atoms with van der Waals surface area (Å²) >= 11 is 0. The highest BCUT2D eigenvalue weighted by Gasteiger charge is 2.29. The van der Waals surface area contributed by atoms with E-state index in [1.807, 2.05) is 9.80 Å². The van der Waals surface area contributed by atoms with Crippen molar-refractivity contribution in [2.24, 2.45) is 5.92 Å². The third kappa shape index (κ3) is 3.43. The van der Waals surface area contributed by atoms with Crippen molar-refractivity contribution in [1.29, 1.82) is 0 Å². The van der Waals surface area contributed by atoms with Crippen molar-refractivity contribution in [3.8, 4) is 0 Å². The summed E-state index contributed by atoms with van der Waals surface area (Å²) in [6.07, 6.45) is 2.69. The Morgan fingerprint density at radius 2 is 1.77 bits per heavy atom. The van der Waals surface area contributed by atoms with Gasteiger partial charge < -0.3 is 4.90 Å². The second-order valence-corrected chi connectivity index (χ2v) is 6.13. The lowest BCUT2D eigenvalue weighted by Crippen LogP contribution is -2.34. The lowest BCUT2D eigenvalue weighted by Gasteiger charge is -2.22. The molecule has 120 valence electrons. The number of amides is 1. The summed E-state index contributed by atoms with van der Waals surface area (Å²) in [5.41, 5.74) is -0.261. The van der Waals surface area contributed by atoms with Crippen LogP contribution in [0.2, 0.25) is 0 Å². The van der Waals surface area contributed by atoms with Crippen LogP contribution in [0.5, 0.6) is 0 Å². The molecule has 0 spiro atoms. The van der Waals surface area contributed by atoms with Crippen molar-refractivity contribution in [3.63, 3.8) is 0 Å². The Morgan fingerprint density at radius 1 is 1.05 bits per heavy atom. The standard InChI is InChI=1S/C16H19F3N2O/c17-13-3-4-14(18)16(19)12(13)10-20-6-5-15(22)21(8-7-20)9-11-1-2-11/h3-4,11H,1-2,5-10H2. The van der Waals surface area contributed by atoms with E-state index >= 15 is 0 Å². The average Bonchev–Trinajstić information content (AvgIpc) is 3.32. The summed E-state index contributed by atoms with van der Waals surface area (Å²) in [6, 6.07) is 1.73. The Bertz CT molecular complexity index is 575. The van der Waals surface area contributed by atoms with Crippen LogP contribution in [-0.2, 0) is 11.3 Å². The quantitative estimate of drug-likeness (QED) is 0.798. The molecule has 1 heterocycles. The van der Waals surface area contributed by atoms with E-state index in [1.54, 1.807) is 0 Å². The third-order valence-electron chi connectivity index (χ3n) is 4.38. The molecule has 2 aliphatic rings. The maximum atomic E-state index is 13.7. The van der Waals surface area contributed by atoms with Gasteiger partial charge in [-0.1, -0.05) is 0 Å². The molecule has 3 nitrogen and oxygen atoms in total. The zero-order valence-electron chi connectivity index (χ0n) is 12.3. The van der Waals surface area contributed by atoms with E-state index in [4.69, 9.17) is 0 Å². The van der Waals surface area contributed by atoms with Gasteiger partial charge in [-0.15, -0.1) is 0 Å². The van der Waals surface area contributed by atoms with E-state index in [9.17, 15) is 18.0 Å². The lowest BCUT2D eigenvalue weighted by atomic mass is 10.1. The van der Waals surface area contributed by atoms with Crippen LogP contribution in [0.15, 0.2) is 12.1 Å². The number of halogens is 3. The summed E-state index contributed by atoms with van der Waals surface area (Å²) in [5, 5.41) is 0. The molecule has 1 aliphatic heterocycles. The summed E-state index contributed by atoms with van der Waals surface area (Å²) in [7, 11) is 0. The third-order valence-corrected chi connectivity index (χ3v) is 4.38. The van der Waals surface area contributed by atoms with Crippen molar-refractivity contribution >= 4 is 5.91 Å². The van der Waals surface area contributed by atoms with Gasteiger partial charge in [0.2, 0.25) is 5.91 Å². The van der Waals surface area contributed by atoms with Gasteiger partial charge in [0.05, 0.1) is 0 Å². The largest absolute Gasteiger partial charge is 0.341 e. The van der Waals surface area contributed by atoms with Gasteiger partial charge in [-0.05, 0) is 30.9 Å². The van der Waals surface area contributed by atoms with E-state index in [0.717, 1.165) is 18.7 Å². The maximum absolute atomic E-state index is 13.7. The number of carbonyl (C=O) groups excluding carboxylic acids is 1. The van der Waals surface area contributed by atoms with Gasteiger partial charge in [0.15, 0.2) is 11.6 Å². The van der Waals surface area contributed by atoms with Crippen LogP contribution in [0.3, 0.4) is 0 Å². The summed E-state index contributed by atoms with van der Waals surface area (Å²) in [5.74, 6) is -2.21. The van der Waals surface area contributed by atoms with Crippen molar-refractivity contribution in [1.82, 2.24) is 9.80 Å². The molecule has 3 rings (SSSR count). The minimum atomic E-state index is -1.13. The number of rotatable bonds is 4. The minimum Gasteiger partial charge on any atom is -0.341 e. The van der Waals surface area contributed by atoms with E-state index in [2.05, 4.69) is 0 Å². The van der Waals surface area contributed by atoms with Gasteiger partial charge in [0.1, 0.15) is 5.82 Å². The summed E-state index contributed by atoms with van der Waals surface area (Å²) in [4.78, 5) is 15.7. The van der Waals surface area contributed by atoms with Crippen LogP contribution >= 0.6 is 0 Å². The smallest absolute Gasteiger partial charge is 0.223 e. The Hall–Kier alpha value is -1.56. The Labute approximate surface area is 127 Å². The van der Waals surface area contributed by atoms with Crippen molar-refractivity contribution in [2.75, 3.05) is 26.2 Å². The maximum Gasteiger partial charge on any atom is 0.223 e. The van der Waals surface area contributed by atoms with Crippen molar-refractivity contribution in [2.45, 2.75) is 25.8 Å². The van der Waals surface area contributed by atoms with Gasteiger partial charge in [-0.3, -0.25) is 9.69 Å².